The first kappa shape index (κ1) is 22.1. The molecule has 3 aromatic rings. The van der Waals surface area contributed by atoms with Gasteiger partial charge in [0.1, 0.15) is 11.6 Å². The number of thioether (sulfide) groups is 1. The fourth-order valence-electron chi connectivity index (χ4n) is 3.11. The summed E-state index contributed by atoms with van der Waals surface area (Å²) in [4.78, 5) is 24.7. The fourth-order valence-corrected chi connectivity index (χ4v) is 3.91. The Bertz CT molecular complexity index is 1060. The molecule has 4 rings (SSSR count). The number of piperazine rings is 1. The van der Waals surface area contributed by atoms with E-state index in [0.717, 1.165) is 4.90 Å². The maximum absolute atomic E-state index is 13.0. The highest BCUT2D eigenvalue weighted by Gasteiger charge is 2.38. The van der Waals surface area contributed by atoms with Crippen LogP contribution in [0.3, 0.4) is 0 Å². The summed E-state index contributed by atoms with van der Waals surface area (Å²) in [5.41, 5.74) is 0.305. The first-order valence-electron chi connectivity index (χ1n) is 9.58. The Morgan fingerprint density at radius 1 is 1.06 bits per heavy atom. The normalized spacial score (nSPS) is 14.6. The first-order chi connectivity index (χ1) is 15.3. The van der Waals surface area contributed by atoms with Crippen molar-refractivity contribution in [2.24, 2.45) is 0 Å². The summed E-state index contributed by atoms with van der Waals surface area (Å²) in [7, 11) is 0. The Balaban J connectivity index is 1.29. The highest BCUT2D eigenvalue weighted by atomic mass is 32.2. The molecule has 1 aliphatic rings. The molecule has 7 nitrogen and oxygen atoms in total. The predicted molar refractivity (Wildman–Crippen MR) is 108 cm³/mol. The summed E-state index contributed by atoms with van der Waals surface area (Å²) in [6, 6.07) is 9.23. The number of anilines is 1. The molecule has 0 saturated carbocycles. The summed E-state index contributed by atoms with van der Waals surface area (Å²) < 4.78 is 55.0. The van der Waals surface area contributed by atoms with Gasteiger partial charge in [0, 0.05) is 42.8 Å². The second kappa shape index (κ2) is 9.15. The van der Waals surface area contributed by atoms with Crippen LogP contribution < -0.4 is 4.90 Å². The van der Waals surface area contributed by atoms with Crippen LogP contribution in [0.5, 0.6) is 0 Å². The Morgan fingerprint density at radius 3 is 2.38 bits per heavy atom. The van der Waals surface area contributed by atoms with Crippen molar-refractivity contribution in [1.82, 2.24) is 20.0 Å². The summed E-state index contributed by atoms with van der Waals surface area (Å²) in [5, 5.41) is 3.34. The molecular formula is C20H17F4N5O2S. The van der Waals surface area contributed by atoms with Gasteiger partial charge in [-0.3, -0.25) is 4.79 Å². The minimum atomic E-state index is -4.70. The number of halogens is 4. The Morgan fingerprint density at radius 2 is 1.78 bits per heavy atom. The lowest BCUT2D eigenvalue weighted by atomic mass is 10.2. The summed E-state index contributed by atoms with van der Waals surface area (Å²) in [6.45, 7) is 2.18. The predicted octanol–water partition coefficient (Wildman–Crippen LogP) is 3.73. The van der Waals surface area contributed by atoms with Gasteiger partial charge in [0.25, 0.3) is 0 Å². The van der Waals surface area contributed by atoms with E-state index in [1.807, 2.05) is 4.90 Å². The van der Waals surface area contributed by atoms with Crippen LogP contribution in [-0.4, -0.2) is 57.9 Å². The topological polar surface area (TPSA) is 75.4 Å². The van der Waals surface area contributed by atoms with Gasteiger partial charge in [0.2, 0.25) is 11.7 Å². The molecule has 2 aromatic heterocycles. The average molecular weight is 467 g/mol. The van der Waals surface area contributed by atoms with E-state index in [-0.39, 0.29) is 23.3 Å². The van der Waals surface area contributed by atoms with Gasteiger partial charge < -0.3 is 14.3 Å². The lowest BCUT2D eigenvalue weighted by molar-refractivity contribution is -0.159. The molecule has 0 N–H and O–H groups in total. The number of carbonyl (C=O) groups excluding carboxylic acids is 1. The molecule has 1 saturated heterocycles. The fraction of sp³-hybridized carbons (Fsp3) is 0.300. The van der Waals surface area contributed by atoms with Crippen molar-refractivity contribution in [1.29, 1.82) is 0 Å². The van der Waals surface area contributed by atoms with Gasteiger partial charge in [0.15, 0.2) is 0 Å². The lowest BCUT2D eigenvalue weighted by Gasteiger charge is -2.35. The zero-order valence-corrected chi connectivity index (χ0v) is 17.4. The van der Waals surface area contributed by atoms with Crippen molar-refractivity contribution in [3.8, 4) is 11.4 Å². The van der Waals surface area contributed by atoms with E-state index < -0.39 is 12.1 Å². The summed E-state index contributed by atoms with van der Waals surface area (Å²) in [5.74, 6) is -1.01. The largest absolute Gasteiger partial charge is 0.471 e. The zero-order valence-electron chi connectivity index (χ0n) is 16.5. The van der Waals surface area contributed by atoms with Crippen LogP contribution in [0.2, 0.25) is 0 Å². The molecule has 1 fully saturated rings. The van der Waals surface area contributed by atoms with Crippen LogP contribution >= 0.6 is 11.8 Å². The number of hydrogen-bond acceptors (Lipinski definition) is 7. The quantitative estimate of drug-likeness (QED) is 0.418. The van der Waals surface area contributed by atoms with Crippen LogP contribution in [0.25, 0.3) is 11.4 Å². The maximum atomic E-state index is 13.0. The van der Waals surface area contributed by atoms with E-state index >= 15 is 0 Å². The third-order valence-corrected chi connectivity index (χ3v) is 5.80. The van der Waals surface area contributed by atoms with E-state index in [1.54, 1.807) is 29.2 Å². The summed E-state index contributed by atoms with van der Waals surface area (Å²) in [6.07, 6.45) is -3.32. The van der Waals surface area contributed by atoms with Gasteiger partial charge in [0.05, 0.1) is 5.75 Å². The van der Waals surface area contributed by atoms with Gasteiger partial charge in [-0.05, 0) is 36.4 Å². The SMILES string of the molecule is O=C(CSc1ccc(F)cc1)N1CCN(c2ccc(-c3noc(C(F)(F)F)n3)cn2)CC1. The highest BCUT2D eigenvalue weighted by Crippen LogP contribution is 2.29. The number of hydrogen-bond donors (Lipinski definition) is 0. The van der Waals surface area contributed by atoms with Gasteiger partial charge in [-0.15, -0.1) is 11.8 Å². The molecule has 0 atom stereocenters. The van der Waals surface area contributed by atoms with Crippen molar-refractivity contribution in [2.45, 2.75) is 11.1 Å². The van der Waals surface area contributed by atoms with Crippen LogP contribution in [0.15, 0.2) is 52.0 Å². The van der Waals surface area contributed by atoms with E-state index in [4.69, 9.17) is 0 Å². The van der Waals surface area contributed by atoms with Crippen LogP contribution in [0, 0.1) is 5.82 Å². The highest BCUT2D eigenvalue weighted by molar-refractivity contribution is 8.00. The van der Waals surface area contributed by atoms with Gasteiger partial charge in [-0.2, -0.15) is 18.2 Å². The smallest absolute Gasteiger partial charge is 0.353 e. The van der Waals surface area contributed by atoms with E-state index in [2.05, 4.69) is 19.6 Å². The number of aromatic nitrogens is 3. The molecule has 168 valence electrons. The first-order valence-corrected chi connectivity index (χ1v) is 10.6. The molecule has 0 unspecified atom stereocenters. The third-order valence-electron chi connectivity index (χ3n) is 4.81. The van der Waals surface area contributed by atoms with Crippen molar-refractivity contribution in [2.75, 3.05) is 36.8 Å². The van der Waals surface area contributed by atoms with Crippen molar-refractivity contribution in [3.05, 3.63) is 54.3 Å². The molecule has 1 amide bonds. The second-order valence-corrected chi connectivity index (χ2v) is 7.99. The molecule has 32 heavy (non-hydrogen) atoms. The molecule has 0 radical (unpaired) electrons. The molecule has 3 heterocycles. The standard InChI is InChI=1S/C20H17F4N5O2S/c21-14-2-4-15(5-3-14)32-12-17(30)29-9-7-28(8-10-29)16-6-1-13(11-25-16)18-26-19(31-27-18)20(22,23)24/h1-6,11H,7-10,12H2. The van der Waals surface area contributed by atoms with E-state index in [1.165, 1.54) is 30.1 Å². The molecule has 1 aromatic carbocycles. The number of alkyl halides is 3. The molecule has 0 aliphatic carbocycles. The molecular weight excluding hydrogens is 450 g/mol. The van der Waals surface area contributed by atoms with Crippen LogP contribution in [0.4, 0.5) is 23.4 Å². The number of amides is 1. The second-order valence-electron chi connectivity index (χ2n) is 6.94. The van der Waals surface area contributed by atoms with Crippen LogP contribution in [0.1, 0.15) is 5.89 Å². The molecule has 0 spiro atoms. The maximum Gasteiger partial charge on any atom is 0.471 e. The average Bonchev–Trinajstić information content (AvgIpc) is 3.30. The van der Waals surface area contributed by atoms with Crippen molar-refractivity contribution < 1.29 is 26.9 Å². The minimum Gasteiger partial charge on any atom is -0.353 e. The van der Waals surface area contributed by atoms with Gasteiger partial charge >= 0.3 is 12.1 Å². The summed E-state index contributed by atoms with van der Waals surface area (Å²) >= 11 is 1.36. The molecule has 0 bridgehead atoms. The minimum absolute atomic E-state index is 0.000132. The Labute approximate surface area is 184 Å². The number of pyridine rings is 1. The monoisotopic (exact) mass is 467 g/mol. The van der Waals surface area contributed by atoms with Crippen molar-refractivity contribution in [3.63, 3.8) is 0 Å². The lowest BCUT2D eigenvalue weighted by Crippen LogP contribution is -2.49. The van der Waals surface area contributed by atoms with Gasteiger partial charge in [-0.1, -0.05) is 5.16 Å². The van der Waals surface area contributed by atoms with Crippen molar-refractivity contribution >= 4 is 23.5 Å². The van der Waals surface area contributed by atoms with E-state index in [9.17, 15) is 22.4 Å². The zero-order chi connectivity index (χ0) is 22.7. The number of carbonyl (C=O) groups is 1. The Hall–Kier alpha value is -3.15. The van der Waals surface area contributed by atoms with E-state index in [0.29, 0.717) is 37.6 Å². The molecule has 1 aliphatic heterocycles. The van der Waals surface area contributed by atoms with Crippen LogP contribution in [-0.2, 0) is 11.0 Å². The number of rotatable bonds is 5. The Kier molecular flexibility index (Phi) is 6.31. The number of benzene rings is 1. The van der Waals surface area contributed by atoms with Gasteiger partial charge in [-0.25, -0.2) is 9.37 Å². The third kappa shape index (κ3) is 5.18. The number of nitrogens with zero attached hydrogens (tertiary/aromatic N) is 5. The molecule has 12 heteroatoms.